The fraction of sp³-hybridized carbons (Fsp3) is 0.500. The van der Waals surface area contributed by atoms with Crippen molar-refractivity contribution in [2.24, 2.45) is 11.3 Å². The van der Waals surface area contributed by atoms with E-state index in [1.165, 1.54) is 4.88 Å². The number of ether oxygens (including phenoxy) is 4. The molecule has 3 aromatic heterocycles. The largest absolute Gasteiger partial charge is 1.00 e. The van der Waals surface area contributed by atoms with Gasteiger partial charge in [-0.1, -0.05) is 57.2 Å². The summed E-state index contributed by atoms with van der Waals surface area (Å²) in [4.78, 5) is 64.0. The van der Waals surface area contributed by atoms with Gasteiger partial charge in [-0.25, -0.2) is 14.8 Å². The molecule has 9 rings (SSSR count). The number of aldehydes is 2. The number of H-pyrrole nitrogens is 1. The molecule has 1 aliphatic carbocycles. The molecule has 3 atom stereocenters. The second-order valence-corrected chi connectivity index (χ2v) is 23.3. The summed E-state index contributed by atoms with van der Waals surface area (Å²) >= 11 is 1.63. The van der Waals surface area contributed by atoms with Gasteiger partial charge in [0.1, 0.15) is 36.6 Å². The summed E-state index contributed by atoms with van der Waals surface area (Å²) in [6.45, 7) is 15.1. The standard InChI is InChI=1S/C23H29N3O2S.C20H22N6O.C20H33NO5.CH3.Na/c1-16-22(29-15-25-16)18-9-7-17(8-10-18)13-24-19(14-27)20-6-5-11-26(20)21(28)12-23(2,3)4;1-26-11-7-20(8-12-26,23-17-4-2-3-15(13-17)14-27)19-22-18(24-25-19)16-5-9-21-10-6-16;1-21-19-8-14-26-20-7-6-17(16-18(19)20)25-13-4-2-3-10-23-11-5-12-24-15-9-22;;/h7-10,15,20,24H,5-6,11-13H2,1-4H3;2-6,9-10,13-14,23H,7-8,11-12H2,1H3,(H,22,24,25);6-7,9,18-19,21H,2-5,8,10-16H2,1H3;1H3;/q;;;-1;+1. The normalized spacial score (nSPS) is 17.9. The third-order valence-electron chi connectivity index (χ3n) is 15.0. The number of thiazole rings is 1. The number of pyridine rings is 1. The van der Waals surface area contributed by atoms with Gasteiger partial charge in [0.15, 0.2) is 11.6 Å². The van der Waals surface area contributed by atoms with Crippen LogP contribution in [0.5, 0.6) is 0 Å². The van der Waals surface area contributed by atoms with Crippen molar-refractivity contribution in [3.63, 3.8) is 0 Å². The number of amides is 1. The molecule has 0 saturated carbocycles. The third-order valence-corrected chi connectivity index (χ3v) is 16.0. The van der Waals surface area contributed by atoms with Crippen LogP contribution < -0.4 is 45.5 Å². The molecule has 3 aliphatic heterocycles. The van der Waals surface area contributed by atoms with Crippen LogP contribution in [-0.4, -0.2) is 145 Å². The number of carbonyl (C=O) groups is 3. The fourth-order valence-electron chi connectivity index (χ4n) is 10.5. The summed E-state index contributed by atoms with van der Waals surface area (Å²) < 4.78 is 22.3. The van der Waals surface area contributed by atoms with Crippen LogP contribution >= 0.6 is 11.3 Å². The van der Waals surface area contributed by atoms with E-state index >= 15 is 0 Å². The first-order valence-corrected chi connectivity index (χ1v) is 29.8. The minimum absolute atomic E-state index is 0. The Balaban J connectivity index is 0.000000228. The topological polar surface area (TPSA) is 215 Å². The van der Waals surface area contributed by atoms with Gasteiger partial charge in [0.25, 0.3) is 0 Å². The van der Waals surface area contributed by atoms with Crippen molar-refractivity contribution < 1.29 is 67.7 Å². The maximum atomic E-state index is 12.7. The van der Waals surface area contributed by atoms with Crippen molar-refractivity contribution in [3.05, 3.63) is 138 Å². The summed E-state index contributed by atoms with van der Waals surface area (Å²) in [5.74, 6) is 6.21. The van der Waals surface area contributed by atoms with Gasteiger partial charge >= 0.3 is 29.6 Å². The first-order chi connectivity index (χ1) is 39.8. The zero-order chi connectivity index (χ0) is 58.2. The van der Waals surface area contributed by atoms with E-state index in [2.05, 4.69) is 111 Å². The Bertz CT molecular complexity index is 2900. The molecule has 84 heavy (non-hydrogen) atoms. The predicted molar refractivity (Wildman–Crippen MR) is 327 cm³/mol. The number of fused-ring (bicyclic) bond motifs is 1. The molecule has 18 nitrogen and oxygen atoms in total. The molecule has 0 bridgehead atoms. The van der Waals surface area contributed by atoms with E-state index in [4.69, 9.17) is 23.9 Å². The average molecular weight is 1180 g/mol. The van der Waals surface area contributed by atoms with Crippen LogP contribution in [-0.2, 0) is 45.4 Å². The summed E-state index contributed by atoms with van der Waals surface area (Å²) in [5.41, 5.74) is 7.66. The van der Waals surface area contributed by atoms with Crippen molar-refractivity contribution in [1.82, 2.24) is 45.6 Å². The molecule has 2 aromatic carbocycles. The van der Waals surface area contributed by atoms with E-state index in [9.17, 15) is 19.2 Å². The fourth-order valence-corrected chi connectivity index (χ4v) is 11.3. The number of likely N-dealkylation sites (tertiary alicyclic amines) is 2. The Morgan fingerprint density at radius 3 is 2.39 bits per heavy atom. The number of hydrogen-bond donors (Lipinski definition) is 4. The van der Waals surface area contributed by atoms with Crippen LogP contribution in [0.2, 0.25) is 0 Å². The molecule has 4 aliphatic rings. The second kappa shape index (κ2) is 35.6. The average Bonchev–Trinajstić information content (AvgIpc) is 4.41. The number of nitrogens with zero attached hydrogens (tertiary/aromatic N) is 6. The van der Waals surface area contributed by atoms with Crippen LogP contribution in [0.25, 0.3) is 21.8 Å². The second-order valence-electron chi connectivity index (χ2n) is 22.5. The number of hydrogen-bond acceptors (Lipinski definition) is 17. The SMILES string of the molecule is CN1CCC(Nc2cccc(C=O)c2)(c2nc(-c3ccncc3)n[nH]2)CC1.CNC1CCOC2=CC=C(OCCCCCOCCCOCC=O)CC21.Cc1ncsc1-c1ccc(CNC(=C=O)C2CCCN2C(=O)CC(C)(C)C)cc1.[CH3-].[Na+]. The Morgan fingerprint density at radius 1 is 0.940 bits per heavy atom. The summed E-state index contributed by atoms with van der Waals surface area (Å²) in [6, 6.07) is 19.9. The minimum Gasteiger partial charge on any atom is -0.498 e. The molecular weight excluding hydrogens is 1090 g/mol. The van der Waals surface area contributed by atoms with Gasteiger partial charge in [-0.2, -0.15) is 5.10 Å². The molecule has 6 heterocycles. The van der Waals surface area contributed by atoms with E-state index in [1.54, 1.807) is 29.8 Å². The number of anilines is 1. The number of unbranched alkanes of at least 4 members (excludes halogenated alkanes) is 2. The zero-order valence-corrected chi connectivity index (χ0v) is 53.6. The van der Waals surface area contributed by atoms with Crippen LogP contribution in [0.15, 0.2) is 108 Å². The molecule has 3 saturated heterocycles. The molecule has 3 fully saturated rings. The summed E-state index contributed by atoms with van der Waals surface area (Å²) in [7, 11) is 4.15. The molecule has 1 amide bonds. The number of aryl methyl sites for hydroxylation is 1. The maximum Gasteiger partial charge on any atom is 1.00 e. The number of aromatic nitrogens is 5. The minimum atomic E-state index is -0.355. The van der Waals surface area contributed by atoms with Crippen molar-refractivity contribution in [2.75, 3.05) is 78.7 Å². The monoisotopic (exact) mass is 1180 g/mol. The van der Waals surface area contributed by atoms with Gasteiger partial charge in [0.2, 0.25) is 5.91 Å². The quantitative estimate of drug-likeness (QED) is 0.0151. The number of benzene rings is 2. The Hall–Kier alpha value is -5.86. The smallest absolute Gasteiger partial charge is 0.498 e. The molecule has 20 heteroatoms. The van der Waals surface area contributed by atoms with Gasteiger partial charge < -0.3 is 56.9 Å². The number of rotatable bonds is 25. The number of piperidine rings is 1. The third kappa shape index (κ3) is 21.0. The Kier molecular flexibility index (Phi) is 29.2. The summed E-state index contributed by atoms with van der Waals surface area (Å²) in [5, 5.41) is 17.8. The number of aromatic amines is 1. The molecule has 5 aromatic rings. The molecule has 3 unspecified atom stereocenters. The van der Waals surface area contributed by atoms with E-state index in [0.29, 0.717) is 61.8 Å². The van der Waals surface area contributed by atoms with Crippen LogP contribution in [0.4, 0.5) is 5.69 Å². The van der Waals surface area contributed by atoms with Gasteiger partial charge in [-0.15, -0.1) is 11.3 Å². The van der Waals surface area contributed by atoms with Crippen molar-refractivity contribution in [3.8, 4) is 21.8 Å². The Labute approximate surface area is 523 Å². The van der Waals surface area contributed by atoms with Gasteiger partial charge in [-0.05, 0) is 132 Å². The van der Waals surface area contributed by atoms with Crippen molar-refractivity contribution in [1.29, 1.82) is 0 Å². The van der Waals surface area contributed by atoms with Crippen molar-refractivity contribution >= 4 is 41.4 Å². The van der Waals surface area contributed by atoms with Crippen LogP contribution in [0.3, 0.4) is 0 Å². The van der Waals surface area contributed by atoms with E-state index < -0.39 is 0 Å². The molecule has 0 radical (unpaired) electrons. The molecule has 0 spiro atoms. The van der Waals surface area contributed by atoms with Gasteiger partial charge in [-0.3, -0.25) is 19.7 Å². The molecular formula is C64H87N10NaO8S. The first-order valence-electron chi connectivity index (χ1n) is 28.9. The van der Waals surface area contributed by atoms with Crippen LogP contribution in [0, 0.1) is 25.7 Å². The van der Waals surface area contributed by atoms with Gasteiger partial charge in [0, 0.05) is 100 Å². The van der Waals surface area contributed by atoms with Crippen LogP contribution in [0.1, 0.15) is 119 Å². The van der Waals surface area contributed by atoms with E-state index in [1.807, 2.05) is 54.7 Å². The van der Waals surface area contributed by atoms with Gasteiger partial charge in [0.05, 0.1) is 46.6 Å². The van der Waals surface area contributed by atoms with E-state index in [-0.39, 0.29) is 66.5 Å². The number of allylic oxidation sites excluding steroid dienone is 3. The predicted octanol–water partition coefficient (Wildman–Crippen LogP) is 7.11. The number of nitrogens with one attached hydrogen (secondary N) is 4. The molecule has 448 valence electrons. The number of carbonyl (C=O) groups excluding carboxylic acids is 4. The Morgan fingerprint density at radius 2 is 1.69 bits per heavy atom. The summed E-state index contributed by atoms with van der Waals surface area (Å²) in [6.07, 6.45) is 19.2. The maximum absolute atomic E-state index is 12.7. The van der Waals surface area contributed by atoms with Crippen molar-refractivity contribution in [2.45, 2.75) is 122 Å². The molecule has 4 N–H and O–H groups in total. The van der Waals surface area contributed by atoms with E-state index in [0.717, 1.165) is 155 Å². The first kappa shape index (κ1) is 68.9. The zero-order valence-electron chi connectivity index (χ0n) is 50.8.